The molecular formula is C14H30N2O4. The third-order valence-electron chi connectivity index (χ3n) is 3.11. The lowest BCUT2D eigenvalue weighted by molar-refractivity contribution is -0.0107. The smallest absolute Gasteiger partial charge is 0.410 e. The van der Waals surface area contributed by atoms with Crippen LogP contribution in [-0.4, -0.2) is 77.1 Å². The van der Waals surface area contributed by atoms with E-state index in [1.54, 1.807) is 4.90 Å². The molecule has 0 aromatic carbocycles. The minimum absolute atomic E-state index is 0.154. The number of amides is 1. The highest BCUT2D eigenvalue weighted by Gasteiger charge is 2.33. The van der Waals surface area contributed by atoms with Gasteiger partial charge in [-0.05, 0) is 34.6 Å². The van der Waals surface area contributed by atoms with E-state index >= 15 is 0 Å². The molecule has 0 radical (unpaired) electrons. The van der Waals surface area contributed by atoms with Crippen LogP contribution in [0.25, 0.3) is 0 Å². The number of aliphatic hydroxyl groups is 2. The quantitative estimate of drug-likeness (QED) is 0.791. The molecule has 1 saturated heterocycles. The highest BCUT2D eigenvalue weighted by molar-refractivity contribution is 5.68. The lowest BCUT2D eigenvalue weighted by atomic mass is 10.1. The molecule has 0 saturated carbocycles. The summed E-state index contributed by atoms with van der Waals surface area (Å²) in [4.78, 5) is 16.0. The Balaban J connectivity index is 0.00000172. The Labute approximate surface area is 122 Å². The number of ether oxygens (including phenoxy) is 1. The van der Waals surface area contributed by atoms with Gasteiger partial charge in [0.25, 0.3) is 0 Å². The van der Waals surface area contributed by atoms with Gasteiger partial charge in [0.15, 0.2) is 0 Å². The van der Waals surface area contributed by atoms with Crippen molar-refractivity contribution in [3.8, 4) is 0 Å². The average molecular weight is 290 g/mol. The van der Waals surface area contributed by atoms with Crippen molar-refractivity contribution in [1.29, 1.82) is 0 Å². The van der Waals surface area contributed by atoms with Crippen molar-refractivity contribution in [1.82, 2.24) is 9.80 Å². The molecule has 1 heterocycles. The molecule has 6 nitrogen and oxygen atoms in total. The van der Waals surface area contributed by atoms with E-state index in [2.05, 4.69) is 18.7 Å². The molecule has 2 N–H and O–H groups in total. The summed E-state index contributed by atoms with van der Waals surface area (Å²) < 4.78 is 5.39. The Morgan fingerprint density at radius 2 is 1.65 bits per heavy atom. The number of rotatable bonds is 2. The van der Waals surface area contributed by atoms with E-state index in [0.717, 1.165) is 7.11 Å². The van der Waals surface area contributed by atoms with Gasteiger partial charge in [0.1, 0.15) is 5.60 Å². The van der Waals surface area contributed by atoms with Crippen LogP contribution in [0.3, 0.4) is 0 Å². The second kappa shape index (κ2) is 8.44. The molecule has 1 fully saturated rings. The third-order valence-corrected chi connectivity index (χ3v) is 3.11. The van der Waals surface area contributed by atoms with Crippen molar-refractivity contribution in [2.75, 3.05) is 33.4 Å². The summed E-state index contributed by atoms with van der Waals surface area (Å²) in [5, 5.41) is 16.0. The summed E-state index contributed by atoms with van der Waals surface area (Å²) in [5.74, 6) is 0. The van der Waals surface area contributed by atoms with Gasteiger partial charge in [0, 0.05) is 38.8 Å². The number of hydrogen-bond donors (Lipinski definition) is 2. The zero-order valence-electron chi connectivity index (χ0n) is 13.6. The van der Waals surface area contributed by atoms with E-state index in [4.69, 9.17) is 14.9 Å². The van der Waals surface area contributed by atoms with Crippen LogP contribution in [0.1, 0.15) is 34.6 Å². The maximum absolute atomic E-state index is 12.0. The number of hydrogen-bond acceptors (Lipinski definition) is 5. The van der Waals surface area contributed by atoms with E-state index in [-0.39, 0.29) is 24.8 Å². The minimum Gasteiger partial charge on any atom is -0.444 e. The van der Waals surface area contributed by atoms with Crippen LogP contribution in [0, 0.1) is 0 Å². The van der Waals surface area contributed by atoms with Crippen LogP contribution in [-0.2, 0) is 4.74 Å². The first kappa shape index (κ1) is 19.1. The fraction of sp³-hybridized carbons (Fsp3) is 0.929. The highest BCUT2D eigenvalue weighted by Crippen LogP contribution is 2.18. The molecule has 1 rings (SSSR count). The van der Waals surface area contributed by atoms with Crippen molar-refractivity contribution >= 4 is 6.09 Å². The minimum atomic E-state index is -0.453. The zero-order chi connectivity index (χ0) is 15.9. The summed E-state index contributed by atoms with van der Waals surface area (Å²) in [7, 11) is 1.00. The SMILES string of the molecule is CO.C[C@@H]1CN(C(=O)OC(C)(C)C)C[C@H](C)N1CCO. The van der Waals surface area contributed by atoms with E-state index in [9.17, 15) is 4.79 Å². The van der Waals surface area contributed by atoms with E-state index < -0.39 is 5.60 Å². The van der Waals surface area contributed by atoms with Crippen LogP contribution in [0.5, 0.6) is 0 Å². The largest absolute Gasteiger partial charge is 0.444 e. The van der Waals surface area contributed by atoms with Gasteiger partial charge in [-0.15, -0.1) is 0 Å². The predicted molar refractivity (Wildman–Crippen MR) is 78.7 cm³/mol. The topological polar surface area (TPSA) is 73.2 Å². The average Bonchev–Trinajstić information content (AvgIpc) is 2.34. The van der Waals surface area contributed by atoms with E-state index in [0.29, 0.717) is 19.6 Å². The molecule has 1 amide bonds. The lowest BCUT2D eigenvalue weighted by Gasteiger charge is -2.44. The van der Waals surface area contributed by atoms with Gasteiger partial charge in [-0.1, -0.05) is 0 Å². The monoisotopic (exact) mass is 290 g/mol. The molecule has 1 aliphatic heterocycles. The van der Waals surface area contributed by atoms with Crippen molar-refractivity contribution in [3.05, 3.63) is 0 Å². The van der Waals surface area contributed by atoms with Gasteiger partial charge in [0.05, 0.1) is 6.61 Å². The summed E-state index contributed by atoms with van der Waals surface area (Å²) in [6.07, 6.45) is -0.246. The Bertz CT molecular complexity index is 279. The number of aliphatic hydroxyl groups excluding tert-OH is 2. The van der Waals surface area contributed by atoms with Gasteiger partial charge in [-0.3, -0.25) is 4.90 Å². The van der Waals surface area contributed by atoms with Crippen molar-refractivity contribution in [3.63, 3.8) is 0 Å². The van der Waals surface area contributed by atoms with Crippen molar-refractivity contribution in [2.45, 2.75) is 52.3 Å². The number of β-amino-alcohol motifs (C(OH)–C–C–N with tert-alkyl or cyclic N) is 1. The van der Waals surface area contributed by atoms with Crippen LogP contribution < -0.4 is 0 Å². The lowest BCUT2D eigenvalue weighted by Crippen LogP contribution is -2.59. The molecule has 20 heavy (non-hydrogen) atoms. The number of piperazine rings is 1. The van der Waals surface area contributed by atoms with Gasteiger partial charge in [-0.2, -0.15) is 0 Å². The normalized spacial score (nSPS) is 23.9. The molecule has 2 atom stereocenters. The summed E-state index contributed by atoms with van der Waals surface area (Å²) >= 11 is 0. The molecule has 0 bridgehead atoms. The van der Waals surface area contributed by atoms with Crippen LogP contribution >= 0.6 is 0 Å². The van der Waals surface area contributed by atoms with Crippen LogP contribution in [0.15, 0.2) is 0 Å². The molecule has 1 aliphatic rings. The third kappa shape index (κ3) is 6.07. The highest BCUT2D eigenvalue weighted by atomic mass is 16.6. The van der Waals surface area contributed by atoms with E-state index in [1.165, 1.54) is 0 Å². The van der Waals surface area contributed by atoms with Gasteiger partial charge < -0.3 is 19.8 Å². The number of carbonyl (C=O) groups excluding carboxylic acids is 1. The van der Waals surface area contributed by atoms with Crippen LogP contribution in [0.2, 0.25) is 0 Å². The molecule has 6 heteroatoms. The van der Waals surface area contributed by atoms with Crippen molar-refractivity contribution in [2.24, 2.45) is 0 Å². The molecular weight excluding hydrogens is 260 g/mol. The molecule has 0 spiro atoms. The molecule has 120 valence electrons. The van der Waals surface area contributed by atoms with Crippen molar-refractivity contribution < 1.29 is 19.7 Å². The second-order valence-corrected chi connectivity index (χ2v) is 6.04. The first-order valence-electron chi connectivity index (χ1n) is 7.04. The maximum atomic E-state index is 12.0. The Morgan fingerprint density at radius 3 is 2.00 bits per heavy atom. The summed E-state index contributed by atoms with van der Waals surface area (Å²) in [5.41, 5.74) is -0.453. The molecule has 0 aliphatic carbocycles. The standard InChI is InChI=1S/C13H26N2O3.CH4O/c1-10-8-14(12(17)18-13(3,4)5)9-11(2)15(10)6-7-16;1-2/h10-11,16H,6-9H2,1-5H3;2H,1H3/t10-,11+;. The number of nitrogens with zero attached hydrogens (tertiary/aromatic N) is 2. The van der Waals surface area contributed by atoms with Gasteiger partial charge in [0.2, 0.25) is 0 Å². The molecule has 0 unspecified atom stereocenters. The molecule has 0 aromatic rings. The number of carbonyl (C=O) groups is 1. The fourth-order valence-corrected chi connectivity index (χ4v) is 2.39. The molecule has 0 aromatic heterocycles. The Hall–Kier alpha value is -0.850. The first-order chi connectivity index (χ1) is 9.24. The van der Waals surface area contributed by atoms with E-state index in [1.807, 2.05) is 20.8 Å². The Kier molecular flexibility index (Phi) is 8.08. The van der Waals surface area contributed by atoms with Gasteiger partial charge in [-0.25, -0.2) is 4.79 Å². The Morgan fingerprint density at radius 1 is 1.20 bits per heavy atom. The predicted octanol–water partition coefficient (Wildman–Crippen LogP) is 0.917. The summed E-state index contributed by atoms with van der Waals surface area (Å²) in [6.45, 7) is 11.9. The first-order valence-corrected chi connectivity index (χ1v) is 7.04. The second-order valence-electron chi connectivity index (χ2n) is 6.04. The van der Waals surface area contributed by atoms with Gasteiger partial charge >= 0.3 is 6.09 Å². The summed E-state index contributed by atoms with van der Waals surface area (Å²) in [6, 6.07) is 0.488. The fourth-order valence-electron chi connectivity index (χ4n) is 2.39. The maximum Gasteiger partial charge on any atom is 0.410 e. The zero-order valence-corrected chi connectivity index (χ0v) is 13.6. The van der Waals surface area contributed by atoms with Crippen LogP contribution in [0.4, 0.5) is 4.79 Å².